The summed E-state index contributed by atoms with van der Waals surface area (Å²) >= 11 is 5.04. The number of carboxylic acids is 1. The van der Waals surface area contributed by atoms with Gasteiger partial charge in [0.25, 0.3) is 0 Å². The average molecular weight is 300 g/mol. The van der Waals surface area contributed by atoms with Crippen molar-refractivity contribution in [3.63, 3.8) is 0 Å². The van der Waals surface area contributed by atoms with Crippen LogP contribution in [0, 0.1) is 5.92 Å². The van der Waals surface area contributed by atoms with Gasteiger partial charge >= 0.3 is 5.97 Å². The molecule has 0 spiro atoms. The molecule has 0 saturated heterocycles. The largest absolute Gasteiger partial charge is 0.477 e. The molecular formula is C11H10BrNO2S. The number of aromatic carboxylic acids is 1. The lowest BCUT2D eigenvalue weighted by atomic mass is 10.3. The summed E-state index contributed by atoms with van der Waals surface area (Å²) in [7, 11) is 0. The lowest BCUT2D eigenvalue weighted by Crippen LogP contribution is -2.08. The molecule has 2 aromatic heterocycles. The van der Waals surface area contributed by atoms with Crippen molar-refractivity contribution < 1.29 is 9.90 Å². The smallest absolute Gasteiger partial charge is 0.352 e. The highest BCUT2D eigenvalue weighted by molar-refractivity contribution is 9.11. The van der Waals surface area contributed by atoms with Gasteiger partial charge in [-0.3, -0.25) is 0 Å². The molecule has 0 atom stereocenters. The van der Waals surface area contributed by atoms with Crippen LogP contribution in [0.2, 0.25) is 0 Å². The first-order valence-corrected chi connectivity index (χ1v) is 6.78. The number of aromatic nitrogens is 1. The van der Waals surface area contributed by atoms with Gasteiger partial charge in [-0.25, -0.2) is 4.79 Å². The number of carboxylic acid groups (broad SMARTS) is 1. The Morgan fingerprint density at radius 1 is 1.56 bits per heavy atom. The number of hydrogen-bond acceptors (Lipinski definition) is 2. The van der Waals surface area contributed by atoms with E-state index in [4.69, 9.17) is 5.11 Å². The Bertz CT molecular complexity index is 568. The van der Waals surface area contributed by atoms with E-state index in [1.54, 1.807) is 17.4 Å². The van der Waals surface area contributed by atoms with Gasteiger partial charge in [0.1, 0.15) is 10.5 Å². The Hall–Kier alpha value is -0.810. The van der Waals surface area contributed by atoms with Gasteiger partial charge in [-0.05, 0) is 46.8 Å². The molecule has 0 unspecified atom stereocenters. The highest BCUT2D eigenvalue weighted by atomic mass is 79.9. The third kappa shape index (κ3) is 1.68. The maximum Gasteiger partial charge on any atom is 0.352 e. The third-order valence-corrected chi connectivity index (χ3v) is 4.57. The van der Waals surface area contributed by atoms with E-state index in [2.05, 4.69) is 15.9 Å². The summed E-state index contributed by atoms with van der Waals surface area (Å²) in [5.74, 6) is -0.158. The summed E-state index contributed by atoms with van der Waals surface area (Å²) < 4.78 is 3.00. The highest BCUT2D eigenvalue weighted by Crippen LogP contribution is 2.37. The SMILES string of the molecule is O=C(O)c1cc2cc(Br)sc2n1CC1CC1. The fourth-order valence-electron chi connectivity index (χ4n) is 1.93. The normalized spacial score (nSPS) is 15.8. The second kappa shape index (κ2) is 3.60. The van der Waals surface area contributed by atoms with Crippen molar-refractivity contribution in [2.45, 2.75) is 19.4 Å². The fraction of sp³-hybridized carbons (Fsp3) is 0.364. The van der Waals surface area contributed by atoms with Crippen molar-refractivity contribution in [2.75, 3.05) is 0 Å². The van der Waals surface area contributed by atoms with Crippen LogP contribution >= 0.6 is 27.3 Å². The van der Waals surface area contributed by atoms with Gasteiger partial charge in [0.2, 0.25) is 0 Å². The second-order valence-electron chi connectivity index (χ2n) is 4.20. The van der Waals surface area contributed by atoms with Crippen LogP contribution in [0.3, 0.4) is 0 Å². The Morgan fingerprint density at radius 3 is 2.94 bits per heavy atom. The number of hydrogen-bond donors (Lipinski definition) is 1. The monoisotopic (exact) mass is 299 g/mol. The van der Waals surface area contributed by atoms with Gasteiger partial charge < -0.3 is 9.67 Å². The first-order valence-electron chi connectivity index (χ1n) is 5.17. The van der Waals surface area contributed by atoms with Crippen molar-refractivity contribution in [2.24, 2.45) is 5.92 Å². The van der Waals surface area contributed by atoms with Crippen molar-refractivity contribution in [1.29, 1.82) is 0 Å². The Balaban J connectivity index is 2.15. The Morgan fingerprint density at radius 2 is 2.31 bits per heavy atom. The molecule has 0 aromatic carbocycles. The minimum Gasteiger partial charge on any atom is -0.477 e. The van der Waals surface area contributed by atoms with Crippen LogP contribution < -0.4 is 0 Å². The van der Waals surface area contributed by atoms with Crippen LogP contribution in [-0.2, 0) is 6.54 Å². The number of nitrogens with zero attached hydrogens (tertiary/aromatic N) is 1. The van der Waals surface area contributed by atoms with Gasteiger partial charge in [-0.1, -0.05) is 0 Å². The molecule has 0 amide bonds. The van der Waals surface area contributed by atoms with Crippen molar-refractivity contribution in [3.05, 3.63) is 21.6 Å². The van der Waals surface area contributed by atoms with Crippen LogP contribution in [0.25, 0.3) is 10.2 Å². The standard InChI is InChI=1S/C11H10BrNO2S/c12-9-4-7-3-8(11(14)15)13(10(7)16-9)5-6-1-2-6/h3-4,6H,1-2,5H2,(H,14,15). The summed E-state index contributed by atoms with van der Waals surface area (Å²) in [5, 5.41) is 10.2. The maximum atomic E-state index is 11.1. The molecule has 0 radical (unpaired) electrons. The molecule has 1 aliphatic carbocycles. The molecule has 2 aromatic rings. The van der Waals surface area contributed by atoms with Crippen LogP contribution in [0.15, 0.2) is 15.9 Å². The summed E-state index contributed by atoms with van der Waals surface area (Å²) in [6.45, 7) is 0.845. The van der Waals surface area contributed by atoms with E-state index >= 15 is 0 Å². The summed E-state index contributed by atoms with van der Waals surface area (Å²) in [5.41, 5.74) is 0.417. The quantitative estimate of drug-likeness (QED) is 0.941. The van der Waals surface area contributed by atoms with Gasteiger partial charge in [0.15, 0.2) is 0 Å². The molecule has 5 heteroatoms. The zero-order valence-electron chi connectivity index (χ0n) is 8.44. The Kier molecular flexibility index (Phi) is 2.33. The van der Waals surface area contributed by atoms with Crippen molar-refractivity contribution in [3.8, 4) is 0 Å². The third-order valence-electron chi connectivity index (χ3n) is 2.90. The molecular weight excluding hydrogens is 290 g/mol. The van der Waals surface area contributed by atoms with Gasteiger partial charge in [0.05, 0.1) is 3.79 Å². The number of rotatable bonds is 3. The molecule has 1 saturated carbocycles. The van der Waals surface area contributed by atoms with Crippen LogP contribution in [0.4, 0.5) is 0 Å². The lowest BCUT2D eigenvalue weighted by Gasteiger charge is -2.05. The zero-order chi connectivity index (χ0) is 11.3. The second-order valence-corrected chi connectivity index (χ2v) is 6.61. The summed E-state index contributed by atoms with van der Waals surface area (Å²) in [6, 6.07) is 3.75. The molecule has 1 aliphatic rings. The van der Waals surface area contributed by atoms with E-state index in [0.29, 0.717) is 11.6 Å². The van der Waals surface area contributed by atoms with Gasteiger partial charge in [-0.2, -0.15) is 0 Å². The van der Waals surface area contributed by atoms with Gasteiger partial charge in [-0.15, -0.1) is 11.3 Å². The molecule has 3 nitrogen and oxygen atoms in total. The van der Waals surface area contributed by atoms with E-state index in [9.17, 15) is 4.79 Å². The fourth-order valence-corrected chi connectivity index (χ4v) is 3.53. The molecule has 84 valence electrons. The number of carbonyl (C=O) groups is 1. The first-order chi connectivity index (χ1) is 7.65. The minimum absolute atomic E-state index is 0.417. The van der Waals surface area contributed by atoms with E-state index in [0.717, 1.165) is 20.5 Å². The number of halogens is 1. The highest BCUT2D eigenvalue weighted by Gasteiger charge is 2.25. The van der Waals surface area contributed by atoms with Crippen LogP contribution in [0.5, 0.6) is 0 Å². The van der Waals surface area contributed by atoms with Crippen LogP contribution in [0.1, 0.15) is 23.3 Å². The van der Waals surface area contributed by atoms with E-state index in [1.165, 1.54) is 12.8 Å². The van der Waals surface area contributed by atoms with Crippen molar-refractivity contribution in [1.82, 2.24) is 4.57 Å². The molecule has 2 heterocycles. The summed E-state index contributed by atoms with van der Waals surface area (Å²) in [4.78, 5) is 12.2. The molecule has 16 heavy (non-hydrogen) atoms. The topological polar surface area (TPSA) is 42.2 Å². The predicted molar refractivity (Wildman–Crippen MR) is 67.2 cm³/mol. The van der Waals surface area contributed by atoms with Crippen molar-refractivity contribution >= 4 is 43.5 Å². The number of fused-ring (bicyclic) bond motifs is 1. The molecule has 3 rings (SSSR count). The minimum atomic E-state index is -0.833. The van der Waals surface area contributed by atoms with Crippen LogP contribution in [-0.4, -0.2) is 15.6 Å². The van der Waals surface area contributed by atoms with Gasteiger partial charge in [0, 0.05) is 11.9 Å². The Labute approximate surface area is 105 Å². The molecule has 1 fully saturated rings. The maximum absolute atomic E-state index is 11.1. The van der Waals surface area contributed by atoms with E-state index in [1.807, 2.05) is 10.6 Å². The average Bonchev–Trinajstić information content (AvgIpc) is 2.86. The first kappa shape index (κ1) is 10.4. The summed E-state index contributed by atoms with van der Waals surface area (Å²) in [6.07, 6.45) is 2.45. The zero-order valence-corrected chi connectivity index (χ0v) is 10.8. The molecule has 1 N–H and O–H groups in total. The molecule has 0 aliphatic heterocycles. The van der Waals surface area contributed by atoms with E-state index < -0.39 is 5.97 Å². The number of thiophene rings is 1. The lowest BCUT2D eigenvalue weighted by molar-refractivity contribution is 0.0685. The molecule has 0 bridgehead atoms. The van der Waals surface area contributed by atoms with E-state index in [-0.39, 0.29) is 0 Å². The predicted octanol–water partition coefficient (Wildman–Crippen LogP) is 3.57.